The highest BCUT2D eigenvalue weighted by atomic mass is 32.2. The number of benzene rings is 4. The van der Waals surface area contributed by atoms with Gasteiger partial charge < -0.3 is 39.6 Å². The third kappa shape index (κ3) is 14.7. The first kappa shape index (κ1) is 58.0. The molecule has 3 N–H and O–H groups in total. The second kappa shape index (κ2) is 25.6. The number of carbonyl (C=O) groups excluding carboxylic acids is 4. The summed E-state index contributed by atoms with van der Waals surface area (Å²) < 4.78 is 54.3. The van der Waals surface area contributed by atoms with Crippen LogP contribution in [-0.2, 0) is 53.5 Å². The summed E-state index contributed by atoms with van der Waals surface area (Å²) in [6, 6.07) is 22.3. The number of thiazole rings is 1. The van der Waals surface area contributed by atoms with Gasteiger partial charge >= 0.3 is 5.69 Å². The second-order valence-corrected chi connectivity index (χ2v) is 23.4. The molecule has 7 rings (SSSR count). The van der Waals surface area contributed by atoms with Gasteiger partial charge in [0.1, 0.15) is 29.9 Å². The zero-order valence-corrected chi connectivity index (χ0v) is 46.6. The van der Waals surface area contributed by atoms with Crippen molar-refractivity contribution in [2.24, 2.45) is 19.5 Å². The summed E-state index contributed by atoms with van der Waals surface area (Å²) >= 11 is 1.57. The number of rotatable bonds is 25. The van der Waals surface area contributed by atoms with E-state index in [-0.39, 0.29) is 86.0 Å². The number of fused-ring (bicyclic) bond motifs is 1. The Labute approximate surface area is 453 Å². The molecule has 4 atom stereocenters. The van der Waals surface area contributed by atoms with E-state index in [9.17, 15) is 37.5 Å². The molecular formula is C57H70N6O12S2. The minimum Gasteiger partial charge on any atom is -0.493 e. The molecule has 20 heteroatoms. The number of hydrogen-bond donors (Lipinski definition) is 3. The number of ketones is 1. The highest BCUT2D eigenvalue weighted by Crippen LogP contribution is 2.35. The smallest absolute Gasteiger partial charge is 0.328 e. The zero-order chi connectivity index (χ0) is 55.6. The quantitative estimate of drug-likeness (QED) is 0.0480. The molecule has 1 fully saturated rings. The van der Waals surface area contributed by atoms with Crippen molar-refractivity contribution in [1.82, 2.24) is 29.7 Å². The Morgan fingerprint density at radius 2 is 1.60 bits per heavy atom. The van der Waals surface area contributed by atoms with E-state index in [0.29, 0.717) is 41.1 Å². The maximum absolute atomic E-state index is 14.1. The summed E-state index contributed by atoms with van der Waals surface area (Å²) in [5.41, 5.74) is 5.32. The van der Waals surface area contributed by atoms with E-state index in [1.165, 1.54) is 38.3 Å². The summed E-state index contributed by atoms with van der Waals surface area (Å²) in [6.45, 7) is 12.3. The molecule has 1 aliphatic heterocycles. The van der Waals surface area contributed by atoms with E-state index in [4.69, 9.17) is 18.9 Å². The number of ether oxygens (including phenoxy) is 4. The molecule has 0 bridgehead atoms. The fourth-order valence-corrected chi connectivity index (χ4v) is 11.4. The van der Waals surface area contributed by atoms with Gasteiger partial charge in [0.05, 0.1) is 63.1 Å². The molecule has 0 unspecified atom stereocenters. The Morgan fingerprint density at radius 3 is 2.30 bits per heavy atom. The first-order chi connectivity index (χ1) is 36.6. The third-order valence-corrected chi connectivity index (χ3v) is 16.1. The maximum Gasteiger partial charge on any atom is 0.328 e. The van der Waals surface area contributed by atoms with Gasteiger partial charge in [-0.25, -0.2) is 18.2 Å². The molecule has 4 aromatic carbocycles. The standard InChI is InChI=1S/C57H70N6O12S2/c1-9-22-74-43-14-11-15-44(30-43)75-50-31-47-46(61(7)56(69)62(47)8)28-41(50)34-77(70,71)45-16-10-13-40(27-45)54(67)58-21-25-72-23-12-24-73-33-51(66)60-53(57(4,5)6)55(68)63-32-42(64)29-48(63)49(65)26-36(2)38-17-19-39(20-18-38)52-37(3)59-35-76-52/h10-11,13-20,27-28,30-31,35-36,42,48,53,64H,9,12,21-26,29,32-34H2,1-8H3,(H,58,67)(H,60,66)/t36-,42-,48+,53-/m1/s1. The average Bonchev–Trinajstić information content (AvgIpc) is 4.08. The minimum absolute atomic E-state index is 0.0170. The van der Waals surface area contributed by atoms with Crippen molar-refractivity contribution in [3.8, 4) is 27.7 Å². The van der Waals surface area contributed by atoms with Gasteiger partial charge in [0.25, 0.3) is 5.91 Å². The largest absolute Gasteiger partial charge is 0.493 e. The molecular weight excluding hydrogens is 1020 g/mol. The fourth-order valence-electron chi connectivity index (χ4n) is 9.22. The van der Waals surface area contributed by atoms with Crippen LogP contribution in [0.2, 0.25) is 0 Å². The number of aromatic nitrogens is 3. The zero-order valence-electron chi connectivity index (χ0n) is 45.0. The van der Waals surface area contributed by atoms with E-state index in [1.807, 2.05) is 71.3 Å². The summed E-state index contributed by atoms with van der Waals surface area (Å²) in [7, 11) is -0.819. The summed E-state index contributed by atoms with van der Waals surface area (Å²) in [5.74, 6) is -0.972. The lowest BCUT2D eigenvalue weighted by Crippen LogP contribution is -2.57. The summed E-state index contributed by atoms with van der Waals surface area (Å²) in [6.07, 6.45) is 0.658. The van der Waals surface area contributed by atoms with Gasteiger partial charge in [0.15, 0.2) is 15.6 Å². The SMILES string of the molecule is CCCOc1cccc(Oc2cc3c(cc2CS(=O)(=O)c2cccc(C(=O)NCCOCCCOCC(=O)N[C@H](C(=O)N4C[C@H](O)C[C@H]4C(=O)C[C@@H](C)c4ccc(-c5scnc5C)cc4)C(C)(C)C)c2)n(C)c(=O)n3C)c1. The summed E-state index contributed by atoms with van der Waals surface area (Å²) in [4.78, 5) is 73.9. The molecule has 3 heterocycles. The van der Waals surface area contributed by atoms with Crippen molar-refractivity contribution in [1.29, 1.82) is 0 Å². The van der Waals surface area contributed by atoms with Crippen molar-refractivity contribution >= 4 is 55.7 Å². The number of hydrogen-bond acceptors (Lipinski definition) is 14. The lowest BCUT2D eigenvalue weighted by atomic mass is 9.85. The number of aliphatic hydroxyl groups excluding tert-OH is 1. The normalized spacial score (nSPS) is 15.6. The van der Waals surface area contributed by atoms with Crippen LogP contribution in [0.5, 0.6) is 17.2 Å². The van der Waals surface area contributed by atoms with Crippen LogP contribution in [0.1, 0.15) is 93.4 Å². The number of β-amino-alcohol motifs (C(OH)–C–C–N with tert-alkyl or cyclic N) is 1. The van der Waals surface area contributed by atoms with Crippen molar-refractivity contribution in [3.05, 3.63) is 123 Å². The number of aliphatic hydroxyl groups is 1. The van der Waals surface area contributed by atoms with Gasteiger partial charge in [-0.05, 0) is 78.6 Å². The van der Waals surface area contributed by atoms with Crippen LogP contribution in [0.25, 0.3) is 21.5 Å². The third-order valence-electron chi connectivity index (χ3n) is 13.5. The Morgan fingerprint density at radius 1 is 0.896 bits per heavy atom. The van der Waals surface area contributed by atoms with Crippen LogP contribution < -0.4 is 25.8 Å². The minimum atomic E-state index is -4.06. The number of nitrogens with zero attached hydrogens (tertiary/aromatic N) is 4. The molecule has 0 radical (unpaired) electrons. The highest BCUT2D eigenvalue weighted by molar-refractivity contribution is 7.90. The molecule has 2 aromatic heterocycles. The van der Waals surface area contributed by atoms with Crippen molar-refractivity contribution in [3.63, 3.8) is 0 Å². The number of aryl methyl sites for hydroxylation is 3. The molecule has 3 amide bonds. The Kier molecular flexibility index (Phi) is 19.3. The topological polar surface area (TPSA) is 227 Å². The molecule has 77 heavy (non-hydrogen) atoms. The Balaban J connectivity index is 0.848. The van der Waals surface area contributed by atoms with Crippen molar-refractivity contribution in [2.75, 3.05) is 46.1 Å². The van der Waals surface area contributed by atoms with Crippen molar-refractivity contribution in [2.45, 2.75) is 102 Å². The molecule has 0 spiro atoms. The van der Waals surface area contributed by atoms with Gasteiger partial charge in [0.2, 0.25) is 11.8 Å². The molecule has 18 nitrogen and oxygen atoms in total. The maximum atomic E-state index is 14.1. The van der Waals surface area contributed by atoms with Gasteiger partial charge in [0, 0.05) is 76.5 Å². The second-order valence-electron chi connectivity index (χ2n) is 20.6. The number of Topliss-reactive ketones (excluding diaryl/α,β-unsaturated/α-hetero) is 1. The van der Waals surface area contributed by atoms with Gasteiger partial charge in [-0.1, -0.05) is 71.0 Å². The van der Waals surface area contributed by atoms with Crippen LogP contribution >= 0.6 is 11.3 Å². The Hall–Kier alpha value is -6.71. The average molecular weight is 1100 g/mol. The first-order valence-corrected chi connectivity index (χ1v) is 28.3. The molecule has 1 saturated heterocycles. The number of imidazole rings is 1. The van der Waals surface area contributed by atoms with Crippen LogP contribution in [0, 0.1) is 12.3 Å². The first-order valence-electron chi connectivity index (χ1n) is 25.8. The molecule has 0 saturated carbocycles. The van der Waals surface area contributed by atoms with Crippen LogP contribution in [0.15, 0.2) is 100 Å². The number of nitrogens with one attached hydrogen (secondary N) is 2. The van der Waals surface area contributed by atoms with E-state index < -0.39 is 56.9 Å². The Bertz CT molecular complexity index is 3230. The van der Waals surface area contributed by atoms with E-state index in [0.717, 1.165) is 28.1 Å². The number of sulfone groups is 1. The van der Waals surface area contributed by atoms with Crippen LogP contribution in [-0.4, -0.2) is 120 Å². The van der Waals surface area contributed by atoms with Crippen LogP contribution in [0.4, 0.5) is 0 Å². The lowest BCUT2D eigenvalue weighted by Gasteiger charge is -2.35. The number of carbonyl (C=O) groups is 4. The predicted octanol–water partition coefficient (Wildman–Crippen LogP) is 7.27. The fraction of sp³-hybridized carbons (Fsp3) is 0.439. The van der Waals surface area contributed by atoms with Crippen molar-refractivity contribution < 1.29 is 51.6 Å². The van der Waals surface area contributed by atoms with E-state index in [1.54, 1.807) is 61.8 Å². The van der Waals surface area contributed by atoms with Crippen LogP contribution in [0.3, 0.4) is 0 Å². The van der Waals surface area contributed by atoms with E-state index in [2.05, 4.69) is 15.6 Å². The van der Waals surface area contributed by atoms with Gasteiger partial charge in [-0.2, -0.15) is 0 Å². The molecule has 412 valence electrons. The molecule has 1 aliphatic rings. The van der Waals surface area contributed by atoms with Gasteiger partial charge in [-0.3, -0.25) is 28.3 Å². The predicted molar refractivity (Wildman–Crippen MR) is 294 cm³/mol. The molecule has 0 aliphatic carbocycles. The molecule has 6 aromatic rings. The lowest BCUT2D eigenvalue weighted by molar-refractivity contribution is -0.144. The van der Waals surface area contributed by atoms with E-state index >= 15 is 0 Å². The van der Waals surface area contributed by atoms with Gasteiger partial charge in [-0.15, -0.1) is 11.3 Å². The monoisotopic (exact) mass is 1090 g/mol. The highest BCUT2D eigenvalue weighted by Gasteiger charge is 2.44. The number of amides is 3. The summed E-state index contributed by atoms with van der Waals surface area (Å²) in [5, 5.41) is 16.2. The number of likely N-dealkylation sites (tertiary alicyclic amines) is 1.